The van der Waals surface area contributed by atoms with Gasteiger partial charge in [-0.2, -0.15) is 5.10 Å². The van der Waals surface area contributed by atoms with E-state index in [0.29, 0.717) is 34.1 Å². The van der Waals surface area contributed by atoms with E-state index in [0.717, 1.165) is 5.69 Å². The number of carbonyl (C=O) groups is 3. The third kappa shape index (κ3) is 5.12. The van der Waals surface area contributed by atoms with Gasteiger partial charge in [0.25, 0.3) is 5.91 Å². The fraction of sp³-hybridized carbons (Fsp3) is 0.217. The molecule has 1 heterocycles. The highest BCUT2D eigenvalue weighted by molar-refractivity contribution is 5.98. The smallest absolute Gasteiger partial charge is 0.342 e. The fourth-order valence-electron chi connectivity index (χ4n) is 3.23. The number of anilines is 2. The molecule has 2 amide bonds. The predicted molar refractivity (Wildman–Crippen MR) is 119 cm³/mol. The molecule has 0 bridgehead atoms. The normalized spacial score (nSPS) is 10.4. The van der Waals surface area contributed by atoms with Gasteiger partial charge in [-0.15, -0.1) is 0 Å². The van der Waals surface area contributed by atoms with Gasteiger partial charge in [0.05, 0.1) is 29.9 Å². The summed E-state index contributed by atoms with van der Waals surface area (Å²) in [6.45, 7) is 4.36. The molecule has 0 aliphatic carbocycles. The third-order valence-electron chi connectivity index (χ3n) is 4.62. The number of ether oxygens (including phenoxy) is 2. The van der Waals surface area contributed by atoms with Crippen LogP contribution < -0.4 is 15.4 Å². The van der Waals surface area contributed by atoms with Gasteiger partial charge in [0.1, 0.15) is 11.3 Å². The fourth-order valence-corrected chi connectivity index (χ4v) is 3.23. The lowest BCUT2D eigenvalue weighted by Crippen LogP contribution is -2.22. The Labute approximate surface area is 185 Å². The minimum absolute atomic E-state index is 0.247. The minimum atomic E-state index is -0.642. The number of rotatable bonds is 7. The van der Waals surface area contributed by atoms with Gasteiger partial charge in [0.2, 0.25) is 5.91 Å². The Morgan fingerprint density at radius 1 is 1.03 bits per heavy atom. The van der Waals surface area contributed by atoms with Crippen molar-refractivity contribution in [2.24, 2.45) is 0 Å². The van der Waals surface area contributed by atoms with E-state index in [4.69, 9.17) is 9.47 Å². The summed E-state index contributed by atoms with van der Waals surface area (Å²) in [4.78, 5) is 36.3. The monoisotopic (exact) mass is 436 g/mol. The number of benzene rings is 2. The molecule has 0 saturated heterocycles. The Balaban J connectivity index is 1.69. The van der Waals surface area contributed by atoms with Crippen LogP contribution >= 0.6 is 0 Å². The van der Waals surface area contributed by atoms with Crippen molar-refractivity contribution >= 4 is 29.2 Å². The number of esters is 1. The van der Waals surface area contributed by atoms with E-state index in [9.17, 15) is 14.4 Å². The number of nitrogens with one attached hydrogen (secondary N) is 2. The first-order chi connectivity index (χ1) is 15.3. The van der Waals surface area contributed by atoms with Gasteiger partial charge < -0.3 is 20.1 Å². The van der Waals surface area contributed by atoms with Gasteiger partial charge in [-0.25, -0.2) is 9.48 Å². The molecule has 0 saturated carbocycles. The summed E-state index contributed by atoms with van der Waals surface area (Å²) in [7, 11) is 1.46. The van der Waals surface area contributed by atoms with E-state index >= 15 is 0 Å². The molecule has 2 N–H and O–H groups in total. The van der Waals surface area contributed by atoms with Crippen molar-refractivity contribution in [3.63, 3.8) is 0 Å². The van der Waals surface area contributed by atoms with Crippen LogP contribution in [0.3, 0.4) is 0 Å². The summed E-state index contributed by atoms with van der Waals surface area (Å²) >= 11 is 0. The molecule has 9 heteroatoms. The summed E-state index contributed by atoms with van der Waals surface area (Å²) in [5, 5.41) is 9.67. The second kappa shape index (κ2) is 9.78. The maximum absolute atomic E-state index is 12.7. The second-order valence-electron chi connectivity index (χ2n) is 7.01. The third-order valence-corrected chi connectivity index (χ3v) is 4.62. The number of carbonyl (C=O) groups excluding carboxylic acids is 3. The molecule has 0 unspecified atom stereocenters. The van der Waals surface area contributed by atoms with Gasteiger partial charge in [-0.1, -0.05) is 18.2 Å². The molecule has 32 heavy (non-hydrogen) atoms. The summed E-state index contributed by atoms with van der Waals surface area (Å²) < 4.78 is 12.1. The van der Waals surface area contributed by atoms with Crippen LogP contribution in [-0.2, 0) is 14.3 Å². The Bertz CT molecular complexity index is 1150. The van der Waals surface area contributed by atoms with Crippen molar-refractivity contribution in [2.75, 3.05) is 24.4 Å². The van der Waals surface area contributed by atoms with Crippen LogP contribution in [0, 0.1) is 13.8 Å². The molecule has 1 aromatic heterocycles. The van der Waals surface area contributed by atoms with Crippen molar-refractivity contribution in [3.8, 4) is 11.4 Å². The van der Waals surface area contributed by atoms with Gasteiger partial charge in [0.15, 0.2) is 6.61 Å². The van der Waals surface area contributed by atoms with Crippen molar-refractivity contribution < 1.29 is 23.9 Å². The highest BCUT2D eigenvalue weighted by atomic mass is 16.5. The predicted octanol–water partition coefficient (Wildman–Crippen LogP) is 3.25. The number of nitrogens with zero attached hydrogens (tertiary/aromatic N) is 2. The van der Waals surface area contributed by atoms with Crippen LogP contribution in [0.4, 0.5) is 11.4 Å². The van der Waals surface area contributed by atoms with Crippen molar-refractivity contribution in [1.29, 1.82) is 0 Å². The van der Waals surface area contributed by atoms with E-state index in [1.807, 2.05) is 30.3 Å². The molecule has 0 fully saturated rings. The zero-order valence-corrected chi connectivity index (χ0v) is 18.3. The van der Waals surface area contributed by atoms with E-state index in [1.165, 1.54) is 14.0 Å². The lowest BCUT2D eigenvalue weighted by Gasteiger charge is -2.12. The lowest BCUT2D eigenvalue weighted by molar-refractivity contribution is -0.119. The molecule has 0 aliphatic heterocycles. The standard InChI is InChI=1S/C23H24N4O5/c1-14-22(15(2)27(26-14)18-8-6-5-7-9-18)23(30)32-13-21(29)25-19-12-17(24-16(3)28)10-11-20(19)31-4/h5-12H,13H2,1-4H3,(H,24,28)(H,25,29). The van der Waals surface area contributed by atoms with Crippen molar-refractivity contribution in [1.82, 2.24) is 9.78 Å². The first kappa shape index (κ1) is 22.5. The highest BCUT2D eigenvalue weighted by Crippen LogP contribution is 2.28. The molecule has 0 aliphatic rings. The van der Waals surface area contributed by atoms with Crippen LogP contribution in [0.2, 0.25) is 0 Å². The molecular weight excluding hydrogens is 412 g/mol. The van der Waals surface area contributed by atoms with Gasteiger partial charge in [-0.05, 0) is 44.2 Å². The largest absolute Gasteiger partial charge is 0.495 e. The molecule has 3 rings (SSSR count). The van der Waals surface area contributed by atoms with Crippen LogP contribution in [0.5, 0.6) is 5.75 Å². The van der Waals surface area contributed by atoms with Crippen LogP contribution in [0.25, 0.3) is 5.69 Å². The second-order valence-corrected chi connectivity index (χ2v) is 7.01. The first-order valence-corrected chi connectivity index (χ1v) is 9.84. The molecule has 0 radical (unpaired) electrons. The van der Waals surface area contributed by atoms with Crippen LogP contribution in [0.15, 0.2) is 48.5 Å². The summed E-state index contributed by atoms with van der Waals surface area (Å²) in [6.07, 6.45) is 0. The Kier molecular flexibility index (Phi) is 6.89. The van der Waals surface area contributed by atoms with Gasteiger partial charge >= 0.3 is 5.97 Å². The van der Waals surface area contributed by atoms with Crippen molar-refractivity contribution in [3.05, 3.63) is 65.5 Å². The van der Waals surface area contributed by atoms with Gasteiger partial charge in [-0.3, -0.25) is 9.59 Å². The zero-order chi connectivity index (χ0) is 23.3. The SMILES string of the molecule is COc1ccc(NC(C)=O)cc1NC(=O)COC(=O)c1c(C)nn(-c2ccccc2)c1C. The summed E-state index contributed by atoms with van der Waals surface area (Å²) in [5.74, 6) is -1.04. The first-order valence-electron chi connectivity index (χ1n) is 9.84. The molecule has 166 valence electrons. The molecular formula is C23H24N4O5. The molecule has 3 aromatic rings. The highest BCUT2D eigenvalue weighted by Gasteiger charge is 2.22. The molecule has 9 nitrogen and oxygen atoms in total. The zero-order valence-electron chi connectivity index (χ0n) is 18.3. The van der Waals surface area contributed by atoms with Crippen molar-refractivity contribution in [2.45, 2.75) is 20.8 Å². The average Bonchev–Trinajstić information content (AvgIpc) is 3.06. The molecule has 2 aromatic carbocycles. The number of hydrogen-bond donors (Lipinski definition) is 2. The Morgan fingerprint density at radius 3 is 2.41 bits per heavy atom. The molecule has 0 atom stereocenters. The topological polar surface area (TPSA) is 112 Å². The summed E-state index contributed by atoms with van der Waals surface area (Å²) in [6, 6.07) is 14.2. The quantitative estimate of drug-likeness (QED) is 0.550. The average molecular weight is 436 g/mol. The summed E-state index contributed by atoms with van der Waals surface area (Å²) in [5.41, 5.74) is 3.07. The van der Waals surface area contributed by atoms with E-state index in [-0.39, 0.29) is 5.91 Å². The molecule has 0 spiro atoms. The number of hydrogen-bond acceptors (Lipinski definition) is 6. The maximum atomic E-state index is 12.7. The number of amides is 2. The Morgan fingerprint density at radius 2 is 1.75 bits per heavy atom. The Hall–Kier alpha value is -4.14. The lowest BCUT2D eigenvalue weighted by atomic mass is 10.2. The van der Waals surface area contributed by atoms with Crippen LogP contribution in [0.1, 0.15) is 28.7 Å². The number of para-hydroxylation sites is 1. The van der Waals surface area contributed by atoms with E-state index in [2.05, 4.69) is 15.7 Å². The number of aromatic nitrogens is 2. The van der Waals surface area contributed by atoms with Crippen LogP contribution in [-0.4, -0.2) is 41.3 Å². The number of methoxy groups -OCH3 is 1. The van der Waals surface area contributed by atoms with E-state index in [1.54, 1.807) is 36.7 Å². The van der Waals surface area contributed by atoms with E-state index < -0.39 is 18.5 Å². The van der Waals surface area contributed by atoms with Gasteiger partial charge in [0, 0.05) is 12.6 Å². The minimum Gasteiger partial charge on any atom is -0.495 e. The number of aryl methyl sites for hydroxylation is 1. The maximum Gasteiger partial charge on any atom is 0.342 e.